The number of aliphatic hydroxyl groups is 1. The number of ether oxygens (including phenoxy) is 2. The lowest BCUT2D eigenvalue weighted by molar-refractivity contribution is -0.0780. The van der Waals surface area contributed by atoms with Gasteiger partial charge in [0.1, 0.15) is 12.3 Å². The molecule has 15 heteroatoms. The van der Waals surface area contributed by atoms with Gasteiger partial charge in [-0.1, -0.05) is 35.9 Å². The number of methoxy groups -OCH3 is 1. The van der Waals surface area contributed by atoms with Crippen LogP contribution in [0, 0.1) is 6.92 Å². The quantitative estimate of drug-likeness (QED) is 0.202. The van der Waals surface area contributed by atoms with Crippen molar-refractivity contribution < 1.29 is 33.4 Å². The Hall–Kier alpha value is -5.11. The van der Waals surface area contributed by atoms with E-state index < -0.39 is 24.8 Å². The Balaban J connectivity index is 1.21. The number of benzene rings is 2. The number of nitrogens with one attached hydrogen (secondary N) is 2. The number of hydrogen-bond acceptors (Lipinski definition) is 10. The molecule has 0 bridgehead atoms. The second-order valence-corrected chi connectivity index (χ2v) is 13.4. The van der Waals surface area contributed by atoms with Crippen molar-refractivity contribution in [1.82, 2.24) is 24.3 Å². The van der Waals surface area contributed by atoms with Gasteiger partial charge in [0.2, 0.25) is 0 Å². The molecule has 52 heavy (non-hydrogen) atoms. The number of rotatable bonds is 10. The van der Waals surface area contributed by atoms with Crippen LogP contribution < -0.4 is 10.6 Å². The number of likely N-dealkylation sites (N-methyl/N-ethyl adjacent to an activating group) is 1. The van der Waals surface area contributed by atoms with Gasteiger partial charge in [-0.25, -0.2) is 14.2 Å². The molecule has 4 heterocycles. The SMILES string of the molecule is COCc1cc(C(=O)Nc2cccc(-c3cccc(NC(=O)c4nc5c(n4C)CCN(C)C5)c3Cl)c2C)ncc1CN1CC(F)(CO)COC1=C=O. The van der Waals surface area contributed by atoms with Crippen LogP contribution in [-0.2, 0) is 47.4 Å². The molecule has 2 aromatic carbocycles. The first-order chi connectivity index (χ1) is 24.9. The van der Waals surface area contributed by atoms with Crippen LogP contribution in [0.3, 0.4) is 0 Å². The van der Waals surface area contributed by atoms with E-state index >= 15 is 0 Å². The second kappa shape index (κ2) is 15.2. The Morgan fingerprint density at radius 2 is 1.85 bits per heavy atom. The summed E-state index contributed by atoms with van der Waals surface area (Å²) in [6.07, 6.45) is 2.27. The number of halogens is 2. The van der Waals surface area contributed by atoms with Crippen molar-refractivity contribution in [2.75, 3.05) is 51.1 Å². The topological polar surface area (TPSA) is 151 Å². The van der Waals surface area contributed by atoms with E-state index in [-0.39, 0.29) is 37.2 Å². The van der Waals surface area contributed by atoms with Gasteiger partial charge >= 0.3 is 0 Å². The summed E-state index contributed by atoms with van der Waals surface area (Å²) in [5.41, 5.74) is 4.19. The molecule has 1 atom stereocenters. The molecule has 0 saturated carbocycles. The van der Waals surface area contributed by atoms with Gasteiger partial charge in [-0.2, -0.15) is 0 Å². The van der Waals surface area contributed by atoms with E-state index in [4.69, 9.17) is 21.1 Å². The molecule has 2 amide bonds. The number of carbonyl (C=O) groups excluding carboxylic acids is 3. The van der Waals surface area contributed by atoms with Crippen LogP contribution in [0.2, 0.25) is 5.02 Å². The van der Waals surface area contributed by atoms with Gasteiger partial charge < -0.3 is 39.6 Å². The number of aromatic nitrogens is 3. The maximum atomic E-state index is 14.9. The summed E-state index contributed by atoms with van der Waals surface area (Å²) in [4.78, 5) is 50.9. The van der Waals surface area contributed by atoms with E-state index in [1.807, 2.05) is 37.7 Å². The van der Waals surface area contributed by atoms with Gasteiger partial charge in [-0.15, -0.1) is 0 Å². The predicted molar refractivity (Wildman–Crippen MR) is 192 cm³/mol. The standard InChI is InChI=1S/C37H39ClFN7O6/c1-22-25(26-8-6-10-28(33(26)38)43-36(50)34-41-30-16-44(2)12-11-31(30)45(34)3)7-5-9-27(22)42-35(49)29-13-23(18-51-4)24(14-40-29)15-46-19-37(39,20-48)21-52-32(46)17-47/h5-10,13-14,48H,11-12,15-16,18-21H2,1-4H3,(H,42,49)(H,43,50). The third-order valence-electron chi connectivity index (χ3n) is 9.34. The van der Waals surface area contributed by atoms with Crippen molar-refractivity contribution in [3.8, 4) is 11.1 Å². The largest absolute Gasteiger partial charge is 0.467 e. The van der Waals surface area contributed by atoms with Crippen LogP contribution in [0.5, 0.6) is 0 Å². The Morgan fingerprint density at radius 1 is 1.12 bits per heavy atom. The summed E-state index contributed by atoms with van der Waals surface area (Å²) in [5, 5.41) is 15.7. The van der Waals surface area contributed by atoms with E-state index in [0.29, 0.717) is 45.5 Å². The van der Waals surface area contributed by atoms with Gasteiger partial charge in [0.25, 0.3) is 17.7 Å². The maximum absolute atomic E-state index is 14.9. The van der Waals surface area contributed by atoms with Gasteiger partial charge in [-0.05, 0) is 54.4 Å². The summed E-state index contributed by atoms with van der Waals surface area (Å²) in [6, 6.07) is 12.3. The highest BCUT2D eigenvalue weighted by Crippen LogP contribution is 2.38. The highest BCUT2D eigenvalue weighted by Gasteiger charge is 2.39. The van der Waals surface area contributed by atoms with Crippen LogP contribution in [0.1, 0.15) is 49.2 Å². The van der Waals surface area contributed by atoms with Crippen molar-refractivity contribution in [1.29, 1.82) is 0 Å². The van der Waals surface area contributed by atoms with E-state index in [1.165, 1.54) is 18.2 Å². The number of anilines is 2. The molecule has 1 unspecified atom stereocenters. The minimum absolute atomic E-state index is 0.00659. The molecule has 1 fully saturated rings. The molecule has 2 aliphatic rings. The fourth-order valence-corrected chi connectivity index (χ4v) is 6.75. The molecule has 6 rings (SSSR count). The molecule has 13 nitrogen and oxygen atoms in total. The summed E-state index contributed by atoms with van der Waals surface area (Å²) < 4.78 is 27.3. The van der Waals surface area contributed by atoms with Crippen molar-refractivity contribution in [2.24, 2.45) is 7.05 Å². The average molecular weight is 732 g/mol. The Morgan fingerprint density at radius 3 is 2.58 bits per heavy atom. The summed E-state index contributed by atoms with van der Waals surface area (Å²) in [6.45, 7) is 2.00. The van der Waals surface area contributed by atoms with Crippen molar-refractivity contribution in [3.63, 3.8) is 0 Å². The van der Waals surface area contributed by atoms with Gasteiger partial charge in [0.05, 0.1) is 36.2 Å². The monoisotopic (exact) mass is 731 g/mol. The number of fused-ring (bicyclic) bond motifs is 1. The molecule has 2 aromatic heterocycles. The molecule has 272 valence electrons. The first-order valence-electron chi connectivity index (χ1n) is 16.6. The lowest BCUT2D eigenvalue weighted by atomic mass is 9.98. The fourth-order valence-electron chi connectivity index (χ4n) is 6.48. The lowest BCUT2D eigenvalue weighted by Crippen LogP contribution is -2.50. The number of carbonyl (C=O) groups is 2. The zero-order chi connectivity index (χ0) is 37.2. The molecular weight excluding hydrogens is 693 g/mol. The first-order valence-corrected chi connectivity index (χ1v) is 17.0. The smallest absolute Gasteiger partial charge is 0.291 e. The summed E-state index contributed by atoms with van der Waals surface area (Å²) in [7, 11) is 5.36. The molecule has 0 aliphatic carbocycles. The van der Waals surface area contributed by atoms with Gasteiger partial charge in [0.15, 0.2) is 17.4 Å². The zero-order valence-corrected chi connectivity index (χ0v) is 30.0. The number of nitrogens with zero attached hydrogens (tertiary/aromatic N) is 5. The number of amides is 2. The third kappa shape index (κ3) is 7.43. The summed E-state index contributed by atoms with van der Waals surface area (Å²) in [5.74, 6) is 0.943. The number of alkyl halides is 1. The average Bonchev–Trinajstić information content (AvgIpc) is 3.46. The normalized spacial score (nSPS) is 17.3. The van der Waals surface area contributed by atoms with E-state index in [1.54, 1.807) is 36.3 Å². The van der Waals surface area contributed by atoms with Crippen LogP contribution in [0.4, 0.5) is 15.8 Å². The molecular formula is C37H39ClFN7O6. The van der Waals surface area contributed by atoms with E-state index in [0.717, 1.165) is 35.5 Å². The third-order valence-corrected chi connectivity index (χ3v) is 9.75. The first kappa shape index (κ1) is 36.7. The van der Waals surface area contributed by atoms with Crippen LogP contribution in [-0.4, -0.2) is 93.3 Å². The fraction of sp³-hybridized carbons (Fsp3) is 0.351. The summed E-state index contributed by atoms with van der Waals surface area (Å²) >= 11 is 6.91. The molecule has 1 saturated heterocycles. The minimum atomic E-state index is -2.06. The van der Waals surface area contributed by atoms with E-state index in [9.17, 15) is 23.9 Å². The zero-order valence-electron chi connectivity index (χ0n) is 29.3. The molecule has 4 aromatic rings. The van der Waals surface area contributed by atoms with Crippen molar-refractivity contribution in [2.45, 2.75) is 38.7 Å². The Labute approximate surface area is 305 Å². The van der Waals surface area contributed by atoms with Crippen molar-refractivity contribution in [3.05, 3.63) is 99.2 Å². The second-order valence-electron chi connectivity index (χ2n) is 13.1. The number of imidazole rings is 1. The van der Waals surface area contributed by atoms with Crippen LogP contribution >= 0.6 is 11.6 Å². The number of pyridine rings is 1. The lowest BCUT2D eigenvalue weighted by Gasteiger charge is -2.37. The Bertz CT molecular complexity index is 2080. The van der Waals surface area contributed by atoms with Crippen molar-refractivity contribution >= 4 is 40.7 Å². The molecule has 0 radical (unpaired) electrons. The Kier molecular flexibility index (Phi) is 10.7. The molecule has 3 N–H and O–H groups in total. The number of aliphatic hydroxyl groups excluding tert-OH is 1. The minimum Gasteiger partial charge on any atom is -0.467 e. The highest BCUT2D eigenvalue weighted by molar-refractivity contribution is 6.36. The van der Waals surface area contributed by atoms with E-state index in [2.05, 4.69) is 25.5 Å². The predicted octanol–water partition coefficient (Wildman–Crippen LogP) is 4.29. The molecule has 0 spiro atoms. The van der Waals surface area contributed by atoms with Crippen LogP contribution in [0.25, 0.3) is 11.1 Å². The van der Waals surface area contributed by atoms with Gasteiger partial charge in [-0.3, -0.25) is 14.6 Å². The van der Waals surface area contributed by atoms with Gasteiger partial charge in [0, 0.05) is 63.4 Å². The van der Waals surface area contributed by atoms with Crippen LogP contribution in [0.15, 0.2) is 54.5 Å². The molecule has 2 aliphatic heterocycles. The maximum Gasteiger partial charge on any atom is 0.291 e. The highest BCUT2D eigenvalue weighted by atomic mass is 35.5. The number of hydrogen-bond donors (Lipinski definition) is 3.